The van der Waals surface area contributed by atoms with E-state index >= 15 is 0 Å². The van der Waals surface area contributed by atoms with Crippen LogP contribution >= 0.6 is 0 Å². The summed E-state index contributed by atoms with van der Waals surface area (Å²) in [6, 6.07) is 12.3. The van der Waals surface area contributed by atoms with E-state index in [1.807, 2.05) is 6.07 Å². The molecule has 0 aliphatic rings. The van der Waals surface area contributed by atoms with Crippen molar-refractivity contribution in [3.63, 3.8) is 0 Å². The fourth-order valence-corrected chi connectivity index (χ4v) is 1.70. The van der Waals surface area contributed by atoms with Crippen LogP contribution in [0.15, 0.2) is 42.5 Å². The summed E-state index contributed by atoms with van der Waals surface area (Å²) in [4.78, 5) is 0. The molecule has 0 saturated heterocycles. The topological polar surface area (TPSA) is 42.2 Å². The van der Waals surface area contributed by atoms with Gasteiger partial charge in [0.15, 0.2) is 17.4 Å². The third-order valence-corrected chi connectivity index (χ3v) is 2.69. The number of benzene rings is 2. The van der Waals surface area contributed by atoms with Gasteiger partial charge >= 0.3 is 0 Å². The summed E-state index contributed by atoms with van der Waals surface area (Å²) in [6.45, 7) is 0.459. The number of hydrogen-bond acceptors (Lipinski definition) is 3. The Balaban J connectivity index is 1.76. The number of ether oxygens (including phenoxy) is 2. The first kappa shape index (κ1) is 14.8. The molecule has 2 aromatic carbocycles. The van der Waals surface area contributed by atoms with Crippen molar-refractivity contribution in [1.82, 2.24) is 0 Å². The van der Waals surface area contributed by atoms with Gasteiger partial charge in [-0.05, 0) is 30.3 Å². The molecule has 0 atom stereocenters. The second kappa shape index (κ2) is 7.25. The van der Waals surface area contributed by atoms with Crippen LogP contribution in [-0.4, -0.2) is 13.2 Å². The van der Waals surface area contributed by atoms with E-state index in [0.29, 0.717) is 24.3 Å². The van der Waals surface area contributed by atoms with Gasteiger partial charge in [0.05, 0.1) is 24.8 Å². The molecule has 0 heterocycles. The van der Waals surface area contributed by atoms with Gasteiger partial charge in [-0.15, -0.1) is 0 Å². The van der Waals surface area contributed by atoms with Crippen molar-refractivity contribution in [1.29, 1.82) is 5.26 Å². The van der Waals surface area contributed by atoms with Crippen molar-refractivity contribution < 1.29 is 18.3 Å². The molecule has 0 saturated carbocycles. The molecule has 0 fully saturated rings. The van der Waals surface area contributed by atoms with Crippen LogP contribution in [0, 0.1) is 23.0 Å². The summed E-state index contributed by atoms with van der Waals surface area (Å²) in [6.07, 6.45) is 0.463. The normalized spacial score (nSPS) is 9.95. The Bertz CT molecular complexity index is 633. The number of nitriles is 1. The molecule has 0 amide bonds. The van der Waals surface area contributed by atoms with E-state index in [-0.39, 0.29) is 12.4 Å². The average molecular weight is 289 g/mol. The van der Waals surface area contributed by atoms with Crippen molar-refractivity contribution >= 4 is 0 Å². The number of rotatable bonds is 6. The summed E-state index contributed by atoms with van der Waals surface area (Å²) in [5, 5.41) is 8.75. The maximum atomic E-state index is 13.3. The Morgan fingerprint density at radius 1 is 0.952 bits per heavy atom. The van der Waals surface area contributed by atoms with Gasteiger partial charge in [0.1, 0.15) is 5.75 Å². The fourth-order valence-electron chi connectivity index (χ4n) is 1.70. The molecule has 5 heteroatoms. The Morgan fingerprint density at radius 3 is 2.33 bits per heavy atom. The molecule has 2 aromatic rings. The van der Waals surface area contributed by atoms with Crippen LogP contribution in [0.4, 0.5) is 8.78 Å². The summed E-state index contributed by atoms with van der Waals surface area (Å²) >= 11 is 0. The minimum atomic E-state index is -0.724. The van der Waals surface area contributed by atoms with E-state index in [4.69, 9.17) is 14.7 Å². The van der Waals surface area contributed by atoms with Crippen LogP contribution in [0.25, 0.3) is 0 Å². The molecule has 3 nitrogen and oxygen atoms in total. The predicted octanol–water partition coefficient (Wildman–Crippen LogP) is 3.68. The zero-order valence-corrected chi connectivity index (χ0v) is 11.2. The van der Waals surface area contributed by atoms with Gasteiger partial charge in [0.2, 0.25) is 0 Å². The highest BCUT2D eigenvalue weighted by molar-refractivity contribution is 5.36. The molecular weight excluding hydrogens is 276 g/mol. The van der Waals surface area contributed by atoms with Gasteiger partial charge in [0, 0.05) is 6.42 Å². The van der Waals surface area contributed by atoms with Crippen LogP contribution in [0.5, 0.6) is 11.5 Å². The average Bonchev–Trinajstić information content (AvgIpc) is 2.50. The van der Waals surface area contributed by atoms with Gasteiger partial charge < -0.3 is 9.47 Å². The van der Waals surface area contributed by atoms with E-state index in [1.165, 1.54) is 6.07 Å². The van der Waals surface area contributed by atoms with Crippen LogP contribution in [0.2, 0.25) is 0 Å². The van der Waals surface area contributed by atoms with Crippen LogP contribution in [0.3, 0.4) is 0 Å². The van der Waals surface area contributed by atoms with Crippen LogP contribution in [-0.2, 0) is 0 Å². The Kier molecular flexibility index (Phi) is 5.10. The largest absolute Gasteiger partial charge is 0.493 e. The molecule has 0 aliphatic carbocycles. The standard InChI is InChI=1S/C16H13F2NO2/c17-14-6-2-7-15(18)16(14)21-9-3-8-20-13-5-1-4-12(10-13)11-19/h1-2,4-7,10H,3,8-9H2. The molecule has 0 bridgehead atoms. The maximum Gasteiger partial charge on any atom is 0.190 e. The van der Waals surface area contributed by atoms with Gasteiger partial charge in [0.25, 0.3) is 0 Å². The van der Waals surface area contributed by atoms with E-state index in [1.54, 1.807) is 24.3 Å². The van der Waals surface area contributed by atoms with Crippen LogP contribution < -0.4 is 9.47 Å². The zero-order valence-electron chi connectivity index (χ0n) is 11.2. The number of halogens is 2. The lowest BCUT2D eigenvalue weighted by Crippen LogP contribution is -2.06. The van der Waals surface area contributed by atoms with Gasteiger partial charge in [-0.25, -0.2) is 8.78 Å². The fraction of sp³-hybridized carbons (Fsp3) is 0.188. The summed E-state index contributed by atoms with van der Waals surface area (Å²) < 4.78 is 37.1. The number of hydrogen-bond donors (Lipinski definition) is 0. The van der Waals surface area contributed by atoms with Gasteiger partial charge in [-0.2, -0.15) is 5.26 Å². The first-order valence-electron chi connectivity index (χ1n) is 6.40. The highest BCUT2D eigenvalue weighted by Gasteiger charge is 2.08. The quantitative estimate of drug-likeness (QED) is 0.762. The highest BCUT2D eigenvalue weighted by Crippen LogP contribution is 2.21. The van der Waals surface area contributed by atoms with Crippen molar-refractivity contribution in [2.24, 2.45) is 0 Å². The molecule has 0 spiro atoms. The molecule has 0 aliphatic heterocycles. The molecule has 21 heavy (non-hydrogen) atoms. The summed E-state index contributed by atoms with van der Waals surface area (Å²) in [5.74, 6) is -1.25. The SMILES string of the molecule is N#Cc1cccc(OCCCOc2c(F)cccc2F)c1. The second-order valence-electron chi connectivity index (χ2n) is 4.24. The molecule has 108 valence electrons. The zero-order chi connectivity index (χ0) is 15.1. The van der Waals surface area contributed by atoms with Crippen molar-refractivity contribution in [2.45, 2.75) is 6.42 Å². The summed E-state index contributed by atoms with van der Waals surface area (Å²) in [7, 11) is 0. The first-order chi connectivity index (χ1) is 10.2. The number of para-hydroxylation sites is 1. The van der Waals surface area contributed by atoms with E-state index in [9.17, 15) is 8.78 Å². The highest BCUT2D eigenvalue weighted by atomic mass is 19.1. The van der Waals surface area contributed by atoms with Crippen molar-refractivity contribution in [2.75, 3.05) is 13.2 Å². The predicted molar refractivity (Wildman–Crippen MR) is 73.1 cm³/mol. The van der Waals surface area contributed by atoms with Crippen LogP contribution in [0.1, 0.15) is 12.0 Å². The van der Waals surface area contributed by atoms with Crippen molar-refractivity contribution in [3.05, 3.63) is 59.7 Å². The second-order valence-corrected chi connectivity index (χ2v) is 4.24. The minimum Gasteiger partial charge on any atom is -0.493 e. The third-order valence-electron chi connectivity index (χ3n) is 2.69. The van der Waals surface area contributed by atoms with E-state index < -0.39 is 11.6 Å². The number of nitrogens with zero attached hydrogens (tertiary/aromatic N) is 1. The lowest BCUT2D eigenvalue weighted by Gasteiger charge is -2.09. The molecular formula is C16H13F2NO2. The summed E-state index contributed by atoms with van der Waals surface area (Å²) in [5.41, 5.74) is 0.511. The first-order valence-corrected chi connectivity index (χ1v) is 6.40. The third kappa shape index (κ3) is 4.18. The molecule has 0 aromatic heterocycles. The maximum absolute atomic E-state index is 13.3. The minimum absolute atomic E-state index is 0.135. The van der Waals surface area contributed by atoms with E-state index in [0.717, 1.165) is 12.1 Å². The molecule has 2 rings (SSSR count). The smallest absolute Gasteiger partial charge is 0.190 e. The lowest BCUT2D eigenvalue weighted by molar-refractivity contribution is 0.234. The monoisotopic (exact) mass is 289 g/mol. The Morgan fingerprint density at radius 2 is 1.62 bits per heavy atom. The Labute approximate surface area is 121 Å². The van der Waals surface area contributed by atoms with Gasteiger partial charge in [-0.3, -0.25) is 0 Å². The molecule has 0 unspecified atom stereocenters. The molecule has 0 radical (unpaired) electrons. The molecule has 0 N–H and O–H groups in total. The van der Waals surface area contributed by atoms with Crippen molar-refractivity contribution in [3.8, 4) is 17.6 Å². The Hall–Kier alpha value is -2.61. The van der Waals surface area contributed by atoms with Gasteiger partial charge in [-0.1, -0.05) is 12.1 Å². The van der Waals surface area contributed by atoms with E-state index in [2.05, 4.69) is 0 Å². The lowest BCUT2D eigenvalue weighted by atomic mass is 10.2.